The van der Waals surface area contributed by atoms with Crippen LogP contribution in [0.1, 0.15) is 11.1 Å². The van der Waals surface area contributed by atoms with Crippen molar-refractivity contribution < 1.29 is 0 Å². The highest BCUT2D eigenvalue weighted by Gasteiger charge is 1.93. The van der Waals surface area contributed by atoms with E-state index in [4.69, 9.17) is 16.9 Å². The first-order valence-corrected chi connectivity index (χ1v) is 3.94. The number of nitrogens with zero attached hydrogens (tertiary/aromatic N) is 1. The van der Waals surface area contributed by atoms with Crippen LogP contribution < -0.4 is 0 Å². The maximum Gasteiger partial charge on any atom is 0.0912 e. The molecule has 0 atom stereocenters. The third-order valence-corrected chi connectivity index (χ3v) is 1.96. The van der Waals surface area contributed by atoms with Gasteiger partial charge in [-0.25, -0.2) is 0 Å². The molecule has 0 N–H and O–H groups in total. The maximum atomic E-state index is 8.29. The van der Waals surface area contributed by atoms with Gasteiger partial charge >= 0.3 is 0 Å². The minimum atomic E-state index is 0.754. The van der Waals surface area contributed by atoms with Crippen molar-refractivity contribution in [3.8, 4) is 6.07 Å². The minimum Gasteiger partial charge on any atom is -0.193 e. The van der Waals surface area contributed by atoms with Gasteiger partial charge in [0.2, 0.25) is 0 Å². The summed E-state index contributed by atoms with van der Waals surface area (Å²) < 4.78 is 0. The fourth-order valence-electron chi connectivity index (χ4n) is 0.905. The molecule has 1 aromatic carbocycles. The van der Waals surface area contributed by atoms with E-state index in [1.54, 1.807) is 6.08 Å². The van der Waals surface area contributed by atoms with Crippen molar-refractivity contribution in [2.45, 2.75) is 6.92 Å². The Balaban J connectivity index is 2.99. The van der Waals surface area contributed by atoms with Gasteiger partial charge in [0, 0.05) is 11.1 Å². The summed E-state index contributed by atoms with van der Waals surface area (Å²) in [4.78, 5) is 0. The van der Waals surface area contributed by atoms with Gasteiger partial charge in [-0.15, -0.1) is 0 Å². The first kappa shape index (κ1) is 8.83. The number of aryl methyl sites for hydroxylation is 1. The van der Waals surface area contributed by atoms with Crippen molar-refractivity contribution >= 4 is 17.7 Å². The second kappa shape index (κ2) is 3.94. The number of hydrogen-bond acceptors (Lipinski definition) is 1. The van der Waals surface area contributed by atoms with Gasteiger partial charge in [0.05, 0.1) is 6.07 Å². The third-order valence-electron chi connectivity index (χ3n) is 1.53. The molecule has 60 valence electrons. The Morgan fingerprint density at radius 2 is 2.25 bits per heavy atom. The van der Waals surface area contributed by atoms with E-state index in [1.165, 1.54) is 6.08 Å². The highest BCUT2D eigenvalue weighted by Crippen LogP contribution is 2.16. The van der Waals surface area contributed by atoms with Crippen LogP contribution >= 0.6 is 11.6 Å². The molecule has 1 aromatic rings. The van der Waals surface area contributed by atoms with E-state index in [-0.39, 0.29) is 0 Å². The molecular weight excluding hydrogens is 170 g/mol. The normalized spacial score (nSPS) is 10.1. The molecule has 0 spiro atoms. The van der Waals surface area contributed by atoms with Gasteiger partial charge in [-0.3, -0.25) is 0 Å². The Morgan fingerprint density at radius 3 is 2.83 bits per heavy atom. The van der Waals surface area contributed by atoms with Crippen LogP contribution in [0.25, 0.3) is 6.08 Å². The number of allylic oxidation sites excluding steroid dienone is 1. The molecule has 0 aliphatic carbocycles. The van der Waals surface area contributed by atoms with Crippen LogP contribution in [0, 0.1) is 18.3 Å². The Hall–Kier alpha value is -1.26. The summed E-state index contributed by atoms with van der Waals surface area (Å²) in [6.45, 7) is 1.94. The van der Waals surface area contributed by atoms with Gasteiger partial charge in [-0.2, -0.15) is 5.26 Å². The van der Waals surface area contributed by atoms with Crippen LogP contribution in [-0.2, 0) is 0 Å². The van der Waals surface area contributed by atoms with Crippen LogP contribution in [0.15, 0.2) is 24.3 Å². The van der Waals surface area contributed by atoms with E-state index in [2.05, 4.69) is 0 Å². The summed E-state index contributed by atoms with van der Waals surface area (Å²) in [5.74, 6) is 0. The molecule has 0 aromatic heterocycles. The lowest BCUT2D eigenvalue weighted by atomic mass is 10.1. The van der Waals surface area contributed by atoms with Crippen LogP contribution in [0.2, 0.25) is 5.02 Å². The van der Waals surface area contributed by atoms with Crippen molar-refractivity contribution in [2.24, 2.45) is 0 Å². The molecule has 12 heavy (non-hydrogen) atoms. The molecule has 0 radical (unpaired) electrons. The molecule has 0 amide bonds. The summed E-state index contributed by atoms with van der Waals surface area (Å²) in [5.41, 5.74) is 2.02. The van der Waals surface area contributed by atoms with Crippen LogP contribution in [-0.4, -0.2) is 0 Å². The van der Waals surface area contributed by atoms with Crippen LogP contribution in [0.5, 0.6) is 0 Å². The highest BCUT2D eigenvalue weighted by molar-refractivity contribution is 6.31. The fourth-order valence-corrected chi connectivity index (χ4v) is 1.02. The molecule has 1 rings (SSSR count). The lowest BCUT2D eigenvalue weighted by molar-refractivity contribution is 1.46. The highest BCUT2D eigenvalue weighted by atomic mass is 35.5. The van der Waals surface area contributed by atoms with E-state index in [0.717, 1.165) is 16.1 Å². The quantitative estimate of drug-likeness (QED) is 0.605. The number of hydrogen-bond donors (Lipinski definition) is 0. The zero-order valence-corrected chi connectivity index (χ0v) is 7.47. The Labute approximate surface area is 76.9 Å². The van der Waals surface area contributed by atoms with Crippen molar-refractivity contribution in [2.75, 3.05) is 0 Å². The Kier molecular flexibility index (Phi) is 2.90. The van der Waals surface area contributed by atoms with Crippen molar-refractivity contribution in [3.63, 3.8) is 0 Å². The molecule has 0 aliphatic rings. The number of rotatable bonds is 1. The molecule has 0 saturated heterocycles. The number of benzene rings is 1. The average Bonchev–Trinajstić information content (AvgIpc) is 2.07. The predicted molar refractivity (Wildman–Crippen MR) is 50.8 cm³/mol. The molecule has 2 heteroatoms. The van der Waals surface area contributed by atoms with Crippen molar-refractivity contribution in [3.05, 3.63) is 40.4 Å². The largest absolute Gasteiger partial charge is 0.193 e. The second-order valence-corrected chi connectivity index (χ2v) is 2.88. The summed E-state index contributed by atoms with van der Waals surface area (Å²) in [7, 11) is 0. The molecule has 0 heterocycles. The Morgan fingerprint density at radius 1 is 1.50 bits per heavy atom. The van der Waals surface area contributed by atoms with E-state index in [1.807, 2.05) is 31.2 Å². The summed E-state index contributed by atoms with van der Waals surface area (Å²) in [6.07, 6.45) is 3.20. The third kappa shape index (κ3) is 2.11. The Bertz CT molecular complexity index is 347. The van der Waals surface area contributed by atoms with Gasteiger partial charge in [-0.1, -0.05) is 23.7 Å². The van der Waals surface area contributed by atoms with Gasteiger partial charge in [-0.05, 0) is 30.2 Å². The number of nitriles is 1. The standard InChI is InChI=1S/C10H8ClN/c1-8-7-9(3-2-6-12)4-5-10(8)11/h2-5,7H,1H3. The smallest absolute Gasteiger partial charge is 0.0912 e. The SMILES string of the molecule is Cc1cc(C=CC#N)ccc1Cl. The zero-order valence-electron chi connectivity index (χ0n) is 6.71. The van der Waals surface area contributed by atoms with Gasteiger partial charge in [0.25, 0.3) is 0 Å². The lowest BCUT2D eigenvalue weighted by Gasteiger charge is -1.97. The molecule has 0 fully saturated rings. The molecule has 0 bridgehead atoms. The first-order chi connectivity index (χ1) is 5.74. The van der Waals surface area contributed by atoms with Crippen LogP contribution in [0.4, 0.5) is 0 Å². The van der Waals surface area contributed by atoms with Gasteiger partial charge < -0.3 is 0 Å². The minimum absolute atomic E-state index is 0.754. The van der Waals surface area contributed by atoms with E-state index in [9.17, 15) is 0 Å². The monoisotopic (exact) mass is 177 g/mol. The predicted octanol–water partition coefficient (Wildman–Crippen LogP) is 3.19. The molecule has 0 aliphatic heterocycles. The van der Waals surface area contributed by atoms with Gasteiger partial charge in [0.1, 0.15) is 0 Å². The summed E-state index contributed by atoms with van der Waals surface area (Å²) in [6, 6.07) is 7.58. The maximum absolute atomic E-state index is 8.29. The fraction of sp³-hybridized carbons (Fsp3) is 0.100. The average molecular weight is 178 g/mol. The van der Waals surface area contributed by atoms with Gasteiger partial charge in [0.15, 0.2) is 0 Å². The first-order valence-electron chi connectivity index (χ1n) is 3.56. The zero-order chi connectivity index (χ0) is 8.97. The van der Waals surface area contributed by atoms with E-state index >= 15 is 0 Å². The van der Waals surface area contributed by atoms with Crippen LogP contribution in [0.3, 0.4) is 0 Å². The van der Waals surface area contributed by atoms with E-state index < -0.39 is 0 Å². The van der Waals surface area contributed by atoms with Crippen molar-refractivity contribution in [1.29, 1.82) is 5.26 Å². The molecule has 0 unspecified atom stereocenters. The lowest BCUT2D eigenvalue weighted by Crippen LogP contribution is -1.76. The van der Waals surface area contributed by atoms with Crippen molar-refractivity contribution in [1.82, 2.24) is 0 Å². The molecule has 1 nitrogen and oxygen atoms in total. The summed E-state index contributed by atoms with van der Waals surface area (Å²) >= 11 is 5.83. The number of halogens is 1. The van der Waals surface area contributed by atoms with E-state index in [0.29, 0.717) is 0 Å². The molecular formula is C10H8ClN. The topological polar surface area (TPSA) is 23.8 Å². The summed E-state index contributed by atoms with van der Waals surface area (Å²) in [5, 5.41) is 9.04. The second-order valence-electron chi connectivity index (χ2n) is 2.47. The molecule has 0 saturated carbocycles.